The molecule has 0 aliphatic heterocycles. The zero-order chi connectivity index (χ0) is 44.2. The van der Waals surface area contributed by atoms with Crippen LogP contribution in [0.1, 0.15) is 11.1 Å². The molecule has 7 aromatic rings. The number of aromatic nitrogens is 6. The largest absolute Gasteiger partial charge is 2.00 e. The molecule has 0 unspecified atom stereocenters. The minimum atomic E-state index is -10.7. The quantitative estimate of drug-likeness (QED) is 0.0984. The number of fused-ring (bicyclic) bond motifs is 3. The van der Waals surface area contributed by atoms with Crippen molar-refractivity contribution in [2.75, 3.05) is 7.11 Å². The molecule has 6 aromatic heterocycles. The van der Waals surface area contributed by atoms with Gasteiger partial charge in [0.05, 0.1) is 52.7 Å². The predicted octanol–water partition coefficient (Wildman–Crippen LogP) is 14.7. The first-order valence-corrected chi connectivity index (χ1v) is 20.7. The summed E-state index contributed by atoms with van der Waals surface area (Å²) in [6.45, 7) is 0. The number of ether oxygens (including phenoxy) is 1. The molecule has 0 amide bonds. The van der Waals surface area contributed by atoms with Crippen molar-refractivity contribution >= 4 is 27.0 Å². The van der Waals surface area contributed by atoms with Gasteiger partial charge in [-0.25, -0.2) is 4.99 Å². The van der Waals surface area contributed by atoms with E-state index in [2.05, 4.69) is 29.9 Å². The average Bonchev–Trinajstić information content (AvgIpc) is 3.51. The van der Waals surface area contributed by atoms with Gasteiger partial charge in [-0.05, 0) is 97.1 Å². The summed E-state index contributed by atoms with van der Waals surface area (Å²) in [7, 11) is -19.7. The Bertz CT molecular complexity index is 2250. The Labute approximate surface area is 352 Å². The Morgan fingerprint density at radius 1 is 0.393 bits per heavy atom. The number of aliphatic imine (C=N–C) groups is 1. The third-order valence-corrected chi connectivity index (χ3v) is 6.85. The van der Waals surface area contributed by atoms with Gasteiger partial charge in [-0.15, -0.1) is 0 Å². The topological polar surface area (TPSA) is 98.9 Å². The summed E-state index contributed by atoms with van der Waals surface area (Å²) in [6, 6.07) is 38.8. The molecule has 0 bridgehead atoms. The Morgan fingerprint density at radius 3 is 0.951 bits per heavy atom. The van der Waals surface area contributed by atoms with Crippen molar-refractivity contribution in [1.29, 1.82) is 0 Å². The predicted molar refractivity (Wildman–Crippen MR) is 208 cm³/mol. The maximum absolute atomic E-state index is 10.7. The first-order chi connectivity index (χ1) is 27.7. The molecule has 6 heterocycles. The maximum atomic E-state index is 9.87. The number of rotatable bonds is 4. The summed E-state index contributed by atoms with van der Waals surface area (Å²) >= 11 is 0. The molecular weight excluding hydrogens is 961 g/mol. The van der Waals surface area contributed by atoms with Gasteiger partial charge >= 0.3 is 85.5 Å². The molecule has 0 N–H and O–H groups in total. The Hall–Kier alpha value is -5.77. The van der Waals surface area contributed by atoms with Crippen LogP contribution in [0.5, 0.6) is 5.75 Å². The van der Waals surface area contributed by atoms with E-state index in [0.29, 0.717) is 0 Å². The fraction of sp³-hybridized carbons (Fsp3) is 0.0263. The average molecular weight is 991 g/mol. The molecule has 0 spiro atoms. The smallest absolute Gasteiger partial charge is 0.255 e. The zero-order valence-electron chi connectivity index (χ0n) is 30.8. The van der Waals surface area contributed by atoms with Crippen molar-refractivity contribution in [1.82, 2.24) is 29.9 Å². The van der Waals surface area contributed by atoms with Crippen molar-refractivity contribution in [3.8, 4) is 39.9 Å². The molecule has 0 radical (unpaired) electrons. The minimum Gasteiger partial charge on any atom is -0.255 e. The van der Waals surface area contributed by atoms with E-state index in [4.69, 9.17) is 9.73 Å². The van der Waals surface area contributed by atoms with E-state index in [1.807, 2.05) is 121 Å². The van der Waals surface area contributed by atoms with Crippen molar-refractivity contribution in [3.05, 3.63) is 170 Å². The summed E-state index contributed by atoms with van der Waals surface area (Å²) in [4.78, 5) is 30.5. The zero-order valence-corrected chi connectivity index (χ0v) is 34.4. The third-order valence-electron chi connectivity index (χ3n) is 6.85. The SMILES string of the molecule is COc1ccc(N=C2c3cccnc3-c3ncccc32)cc1.F[P-](F)(F)(F)(F)F.F[P-](F)(F)(F)(F)F.[Ru+2].c1ccc(-c2ccccn2)nc1.c1ccc(-c2ccccn2)nc1. The molecule has 324 valence electrons. The van der Waals surface area contributed by atoms with Gasteiger partial charge in [-0.2, -0.15) is 0 Å². The number of hydrogen-bond acceptors (Lipinski definition) is 8. The second-order valence-electron chi connectivity index (χ2n) is 11.7. The summed E-state index contributed by atoms with van der Waals surface area (Å²) in [5.41, 5.74) is 9.28. The van der Waals surface area contributed by atoms with Crippen LogP contribution in [-0.2, 0) is 19.5 Å². The molecule has 61 heavy (non-hydrogen) atoms. The maximum Gasteiger partial charge on any atom is 2.00 e. The van der Waals surface area contributed by atoms with Gasteiger partial charge in [0, 0.05) is 48.3 Å². The number of halogens is 12. The van der Waals surface area contributed by atoms with E-state index >= 15 is 0 Å². The fourth-order valence-corrected chi connectivity index (χ4v) is 4.68. The van der Waals surface area contributed by atoms with E-state index in [0.717, 1.165) is 62.4 Å². The van der Waals surface area contributed by atoms with Crippen LogP contribution in [0.3, 0.4) is 0 Å². The van der Waals surface area contributed by atoms with Gasteiger partial charge < -0.3 is 4.74 Å². The van der Waals surface area contributed by atoms with Gasteiger partial charge in [-0.1, -0.05) is 24.3 Å². The van der Waals surface area contributed by atoms with Crippen LogP contribution in [0.15, 0.2) is 164 Å². The number of methoxy groups -OCH3 is 1. The standard InChI is InChI=1S/C18H13N3O.2C10H8N2.2F6P.Ru/c1-22-13-8-6-12(7-9-13)21-16-14-4-2-10-19-17(14)18-15(16)5-3-11-20-18;2*1-3-7-11-9(5-1)10-6-2-4-8-12-10;2*1-7(2,3,4,5)6;/h2-11H,1H3;2*1-8H;;;/q;;;2*-1;+2. The van der Waals surface area contributed by atoms with Crippen molar-refractivity contribution in [2.45, 2.75) is 0 Å². The van der Waals surface area contributed by atoms with Gasteiger partial charge in [0.1, 0.15) is 5.75 Å². The summed E-state index contributed by atoms with van der Waals surface area (Å²) < 4.78 is 124. The van der Waals surface area contributed by atoms with Gasteiger partial charge in [0.2, 0.25) is 0 Å². The monoisotopic (exact) mass is 991 g/mol. The van der Waals surface area contributed by atoms with Crippen molar-refractivity contribution in [3.63, 3.8) is 0 Å². The van der Waals surface area contributed by atoms with E-state index < -0.39 is 15.6 Å². The summed E-state index contributed by atoms with van der Waals surface area (Å²) in [5.74, 6) is 0.819. The number of hydrogen-bond donors (Lipinski definition) is 0. The Morgan fingerprint density at radius 2 is 0.689 bits per heavy atom. The van der Waals surface area contributed by atoms with Crippen LogP contribution in [0, 0.1) is 0 Å². The second-order valence-corrected chi connectivity index (χ2v) is 15.6. The molecule has 0 saturated heterocycles. The Kier molecular flexibility index (Phi) is 15.0. The van der Waals surface area contributed by atoms with E-state index in [1.165, 1.54) is 0 Å². The molecule has 0 fully saturated rings. The second kappa shape index (κ2) is 18.5. The molecule has 1 aromatic carbocycles. The van der Waals surface area contributed by atoms with Crippen LogP contribution in [0.2, 0.25) is 0 Å². The van der Waals surface area contributed by atoms with Crippen LogP contribution in [0.4, 0.5) is 56.1 Å². The van der Waals surface area contributed by atoms with Gasteiger partial charge in [-0.3, -0.25) is 29.9 Å². The molecular formula is C38H29F12N7OP2Ru. The van der Waals surface area contributed by atoms with Crippen molar-refractivity contribution in [2.24, 2.45) is 4.99 Å². The summed E-state index contributed by atoms with van der Waals surface area (Å²) in [6.07, 6.45) is 10.6. The molecule has 8 nitrogen and oxygen atoms in total. The van der Waals surface area contributed by atoms with E-state index in [-0.39, 0.29) is 19.5 Å². The van der Waals surface area contributed by atoms with E-state index in [9.17, 15) is 50.4 Å². The molecule has 0 atom stereocenters. The van der Waals surface area contributed by atoms with E-state index in [1.54, 1.807) is 44.3 Å². The molecule has 0 saturated carbocycles. The molecule has 1 aliphatic rings. The van der Waals surface area contributed by atoms with Crippen LogP contribution in [-0.4, -0.2) is 42.7 Å². The number of benzene rings is 1. The van der Waals surface area contributed by atoms with Gasteiger partial charge in [0.15, 0.2) is 0 Å². The first-order valence-electron chi connectivity index (χ1n) is 16.6. The van der Waals surface area contributed by atoms with Crippen LogP contribution < -0.4 is 4.74 Å². The van der Waals surface area contributed by atoms with Crippen LogP contribution >= 0.6 is 15.6 Å². The normalized spacial score (nSPS) is 13.4. The molecule has 1 aliphatic carbocycles. The van der Waals surface area contributed by atoms with Crippen LogP contribution in [0.25, 0.3) is 34.2 Å². The fourth-order valence-electron chi connectivity index (χ4n) is 4.68. The number of pyridine rings is 6. The van der Waals surface area contributed by atoms with Gasteiger partial charge in [0.25, 0.3) is 0 Å². The summed E-state index contributed by atoms with van der Waals surface area (Å²) in [5, 5.41) is 0. The molecule has 23 heteroatoms. The first kappa shape index (κ1) is 49.6. The van der Waals surface area contributed by atoms with Crippen molar-refractivity contribution < 1.29 is 74.6 Å². The molecule has 8 rings (SSSR count). The minimum absolute atomic E-state index is 0. The number of nitrogens with zero attached hydrogens (tertiary/aromatic N) is 7. The Balaban J connectivity index is 0.000000220. The third kappa shape index (κ3) is 20.9.